The van der Waals surface area contributed by atoms with E-state index in [1.165, 1.54) is 89.9 Å². The van der Waals surface area contributed by atoms with Gasteiger partial charge in [0.15, 0.2) is 12.6 Å². The van der Waals surface area contributed by atoms with Gasteiger partial charge in [0.2, 0.25) is 0 Å². The van der Waals surface area contributed by atoms with Crippen LogP contribution in [0.25, 0.3) is 0 Å². The number of hydrogen-bond acceptors (Lipinski definition) is 14. The Kier molecular flexibility index (Phi) is 36.6. The fraction of sp³-hybridized carbons (Fsp3) is 0.865. The third-order valence-corrected chi connectivity index (χ3v) is 12.4. The highest BCUT2D eigenvalue weighted by Crippen LogP contribution is 2.26. The minimum Gasteiger partial charge on any atom is -0.457 e. The number of unbranched alkanes of at least 4 members (excludes halogenated alkanes) is 21. The predicted octanol–water partition coefficient (Wildman–Crippen LogP) is 7.80. The molecule has 14 heteroatoms. The summed E-state index contributed by atoms with van der Waals surface area (Å²) in [4.78, 5) is 13.0. The number of hydrogen-bond donors (Lipinski definition) is 7. The minimum absolute atomic E-state index is 0.0570. The van der Waals surface area contributed by atoms with E-state index in [1.54, 1.807) is 0 Å². The molecule has 7 N–H and O–H groups in total. The fourth-order valence-electron chi connectivity index (χ4n) is 8.18. The van der Waals surface area contributed by atoms with Gasteiger partial charge >= 0.3 is 5.97 Å². The van der Waals surface area contributed by atoms with E-state index < -0.39 is 86.7 Å². The van der Waals surface area contributed by atoms with Gasteiger partial charge < -0.3 is 64.2 Å². The van der Waals surface area contributed by atoms with Gasteiger partial charge in [-0.3, -0.25) is 4.79 Å². The minimum atomic E-state index is -1.71. The lowest BCUT2D eigenvalue weighted by Gasteiger charge is -2.42. The Hall–Kier alpha value is -1.79. The van der Waals surface area contributed by atoms with Crippen LogP contribution in [0.1, 0.15) is 187 Å². The number of esters is 1. The molecular formula is C52H94O14. The van der Waals surface area contributed by atoms with Gasteiger partial charge in [0.1, 0.15) is 54.9 Å². The molecule has 0 bridgehead atoms. The van der Waals surface area contributed by atoms with Crippen LogP contribution in [-0.2, 0) is 33.2 Å². The van der Waals surface area contributed by atoms with E-state index >= 15 is 0 Å². The highest BCUT2D eigenvalue weighted by molar-refractivity contribution is 5.69. The summed E-state index contributed by atoms with van der Waals surface area (Å²) in [6.45, 7) is 3.57. The zero-order valence-electron chi connectivity index (χ0n) is 40.9. The summed E-state index contributed by atoms with van der Waals surface area (Å²) in [5.74, 6) is -0.391. The van der Waals surface area contributed by atoms with Crippen molar-refractivity contribution in [3.05, 3.63) is 36.5 Å². The number of rotatable bonds is 41. The van der Waals surface area contributed by atoms with Crippen molar-refractivity contribution in [2.24, 2.45) is 0 Å². The molecule has 2 saturated heterocycles. The van der Waals surface area contributed by atoms with Crippen molar-refractivity contribution in [2.75, 3.05) is 33.0 Å². The molecule has 0 aromatic carbocycles. The maximum absolute atomic E-state index is 13.0. The molecule has 0 aromatic heterocycles. The smallest absolute Gasteiger partial charge is 0.306 e. The van der Waals surface area contributed by atoms with Gasteiger partial charge in [-0.1, -0.05) is 172 Å². The second-order valence-electron chi connectivity index (χ2n) is 18.3. The summed E-state index contributed by atoms with van der Waals surface area (Å²) in [5.41, 5.74) is 0. The summed E-state index contributed by atoms with van der Waals surface area (Å²) in [6.07, 6.45) is 27.8. The summed E-state index contributed by atoms with van der Waals surface area (Å²) >= 11 is 0. The van der Waals surface area contributed by atoms with E-state index in [0.29, 0.717) is 13.0 Å². The lowest BCUT2D eigenvalue weighted by molar-refractivity contribution is -0.332. The molecule has 2 aliphatic heterocycles. The molecule has 14 nitrogen and oxygen atoms in total. The van der Waals surface area contributed by atoms with Crippen molar-refractivity contribution < 1.29 is 69.0 Å². The third kappa shape index (κ3) is 27.4. The second-order valence-corrected chi connectivity index (χ2v) is 18.3. The standard InChI is InChI=1S/C52H94O14/c1-3-5-7-9-11-13-15-17-19-20-22-24-26-28-30-32-34-36-61-38-41(64-44(54)35-33-31-29-27-25-23-21-18-16-14-12-10-8-6-4-2)39-62-51-50(60)48(58)46(56)43(66-51)40-63-52-49(59)47(57)45(55)42(37-53)65-52/h6,8,12,14,18,21,41-43,45-53,55-60H,3-5,7,9-11,13,15-17,19-20,22-40H2,1-2H3/b8-6-,14-12-,21-18-. The summed E-state index contributed by atoms with van der Waals surface area (Å²) < 4.78 is 34.3. The molecule has 2 fully saturated rings. The van der Waals surface area contributed by atoms with E-state index in [1.807, 2.05) is 0 Å². The van der Waals surface area contributed by atoms with E-state index in [-0.39, 0.29) is 19.6 Å². The second kappa shape index (κ2) is 40.0. The van der Waals surface area contributed by atoms with Crippen LogP contribution >= 0.6 is 0 Å². The first kappa shape index (κ1) is 60.3. The molecule has 2 aliphatic rings. The maximum Gasteiger partial charge on any atom is 0.306 e. The molecule has 0 amide bonds. The van der Waals surface area contributed by atoms with Crippen LogP contribution in [0.5, 0.6) is 0 Å². The maximum atomic E-state index is 13.0. The first-order valence-corrected chi connectivity index (χ1v) is 26.1. The van der Waals surface area contributed by atoms with Gasteiger partial charge in [-0.2, -0.15) is 0 Å². The number of ether oxygens (including phenoxy) is 6. The van der Waals surface area contributed by atoms with Gasteiger partial charge in [0.05, 0.1) is 26.4 Å². The largest absolute Gasteiger partial charge is 0.457 e. The van der Waals surface area contributed by atoms with E-state index in [2.05, 4.69) is 50.3 Å². The van der Waals surface area contributed by atoms with Gasteiger partial charge in [0.25, 0.3) is 0 Å². The van der Waals surface area contributed by atoms with E-state index in [4.69, 9.17) is 28.4 Å². The Morgan fingerprint density at radius 2 is 0.985 bits per heavy atom. The molecule has 11 unspecified atom stereocenters. The highest BCUT2D eigenvalue weighted by atomic mass is 16.7. The molecule has 66 heavy (non-hydrogen) atoms. The molecule has 11 atom stereocenters. The number of aliphatic hydroxyl groups excluding tert-OH is 7. The van der Waals surface area contributed by atoms with Gasteiger partial charge in [-0.15, -0.1) is 0 Å². The molecule has 2 heterocycles. The first-order valence-electron chi connectivity index (χ1n) is 26.1. The van der Waals surface area contributed by atoms with E-state index in [0.717, 1.165) is 70.6 Å². The Balaban J connectivity index is 1.77. The van der Waals surface area contributed by atoms with Crippen molar-refractivity contribution in [1.82, 2.24) is 0 Å². The Bertz CT molecular complexity index is 1230. The monoisotopic (exact) mass is 943 g/mol. The van der Waals surface area contributed by atoms with E-state index in [9.17, 15) is 40.5 Å². The van der Waals surface area contributed by atoms with Crippen molar-refractivity contribution in [1.29, 1.82) is 0 Å². The van der Waals surface area contributed by atoms with Gasteiger partial charge in [-0.05, 0) is 44.9 Å². The molecule has 0 aromatic rings. The number of allylic oxidation sites excluding steroid dienone is 6. The number of aliphatic hydroxyl groups is 7. The lowest BCUT2D eigenvalue weighted by atomic mass is 9.98. The van der Waals surface area contributed by atoms with Gasteiger partial charge in [-0.25, -0.2) is 0 Å². The molecule has 2 rings (SSSR count). The normalized spacial score (nSPS) is 26.6. The fourth-order valence-corrected chi connectivity index (χ4v) is 8.18. The zero-order chi connectivity index (χ0) is 48.0. The molecular weight excluding hydrogens is 849 g/mol. The summed E-state index contributed by atoms with van der Waals surface area (Å²) in [6, 6.07) is 0. The van der Waals surface area contributed by atoms with Crippen LogP contribution in [0.2, 0.25) is 0 Å². The highest BCUT2D eigenvalue weighted by Gasteiger charge is 2.47. The Morgan fingerprint density at radius 1 is 0.515 bits per heavy atom. The van der Waals surface area contributed by atoms with Crippen molar-refractivity contribution in [2.45, 2.75) is 255 Å². The summed E-state index contributed by atoms with van der Waals surface area (Å²) in [7, 11) is 0. The number of carbonyl (C=O) groups excluding carboxylic acids is 1. The molecule has 0 radical (unpaired) electrons. The SMILES string of the molecule is CC/C=C\C/C=C\C/C=C\CCCCCCCC(=O)OC(COCCCCCCCCCCCCCCCCCCC)COC1OC(COC2OC(CO)C(O)C(O)C2O)C(O)C(O)C1O. The quantitative estimate of drug-likeness (QED) is 0.0177. The van der Waals surface area contributed by atoms with Gasteiger partial charge in [0, 0.05) is 13.0 Å². The summed E-state index contributed by atoms with van der Waals surface area (Å²) in [5, 5.41) is 72.1. The Labute approximate surface area is 398 Å². The molecule has 0 aliphatic carbocycles. The molecule has 0 spiro atoms. The van der Waals surface area contributed by atoms with Crippen LogP contribution in [0, 0.1) is 0 Å². The lowest BCUT2D eigenvalue weighted by Crippen LogP contribution is -2.61. The first-order chi connectivity index (χ1) is 32.1. The average Bonchev–Trinajstić information content (AvgIpc) is 3.31. The molecule has 386 valence electrons. The molecule has 0 saturated carbocycles. The topological polar surface area (TPSA) is 214 Å². The Morgan fingerprint density at radius 3 is 1.55 bits per heavy atom. The predicted molar refractivity (Wildman–Crippen MR) is 256 cm³/mol. The van der Waals surface area contributed by atoms with Crippen LogP contribution in [0.3, 0.4) is 0 Å². The van der Waals surface area contributed by atoms with Crippen molar-refractivity contribution in [3.8, 4) is 0 Å². The van der Waals surface area contributed by atoms with Crippen LogP contribution < -0.4 is 0 Å². The average molecular weight is 943 g/mol. The van der Waals surface area contributed by atoms with Crippen molar-refractivity contribution in [3.63, 3.8) is 0 Å². The van der Waals surface area contributed by atoms with Crippen LogP contribution in [0.4, 0.5) is 0 Å². The third-order valence-electron chi connectivity index (χ3n) is 12.4. The van der Waals surface area contributed by atoms with Crippen molar-refractivity contribution >= 4 is 5.97 Å². The van der Waals surface area contributed by atoms with Crippen LogP contribution in [-0.4, -0.2) is 142 Å². The number of carbonyl (C=O) groups is 1. The van der Waals surface area contributed by atoms with Crippen LogP contribution in [0.15, 0.2) is 36.5 Å². The zero-order valence-corrected chi connectivity index (χ0v) is 40.9.